The molecule has 0 heterocycles. The van der Waals surface area contributed by atoms with E-state index < -0.39 is 0 Å². The first-order chi connectivity index (χ1) is 7.14. The maximum atomic E-state index is 6.17. The molecule has 15 heavy (non-hydrogen) atoms. The lowest BCUT2D eigenvalue weighted by molar-refractivity contribution is 0.638. The van der Waals surface area contributed by atoms with Gasteiger partial charge in [-0.3, -0.25) is 0 Å². The molecule has 1 saturated carbocycles. The molecule has 0 unspecified atom stereocenters. The summed E-state index contributed by atoms with van der Waals surface area (Å²) in [6.07, 6.45) is 2.35. The highest BCUT2D eigenvalue weighted by atomic mass is 15.2. The number of benzene rings is 1. The molecule has 0 spiro atoms. The van der Waals surface area contributed by atoms with Crippen LogP contribution >= 0.6 is 0 Å². The Hall–Kier alpha value is -1.02. The molecule has 2 rings (SSSR count). The van der Waals surface area contributed by atoms with Crippen LogP contribution in [0.5, 0.6) is 0 Å². The molecule has 82 valence electrons. The number of likely N-dealkylation sites (N-methyl/N-ethyl adjacent to an activating group) is 1. The zero-order chi connectivity index (χ0) is 10.9. The van der Waals surface area contributed by atoms with Crippen molar-refractivity contribution in [1.29, 1.82) is 0 Å². The molecule has 1 aromatic rings. The third-order valence-corrected chi connectivity index (χ3v) is 3.24. The molecule has 0 bridgehead atoms. The molecular weight excluding hydrogens is 184 g/mol. The fraction of sp³-hybridized carbons (Fsp3) is 0.538. The molecule has 0 amide bonds. The summed E-state index contributed by atoms with van der Waals surface area (Å²) < 4.78 is 0. The molecule has 0 aliphatic heterocycles. The molecule has 0 radical (unpaired) electrons. The Morgan fingerprint density at radius 1 is 1.33 bits per heavy atom. The standard InChI is InChI=1S/C13H20N2/c1-3-15(10-13(14)8-9-13)12-7-5-4-6-11(12)2/h4-7H,3,8-10,14H2,1-2H3. The quantitative estimate of drug-likeness (QED) is 0.815. The van der Waals surface area contributed by atoms with Gasteiger partial charge >= 0.3 is 0 Å². The zero-order valence-electron chi connectivity index (χ0n) is 9.66. The third kappa shape index (κ3) is 2.32. The highest BCUT2D eigenvalue weighted by molar-refractivity contribution is 5.53. The van der Waals surface area contributed by atoms with Crippen molar-refractivity contribution in [3.63, 3.8) is 0 Å². The van der Waals surface area contributed by atoms with Gasteiger partial charge in [-0.2, -0.15) is 0 Å². The van der Waals surface area contributed by atoms with Gasteiger partial charge in [0.2, 0.25) is 0 Å². The number of rotatable bonds is 4. The lowest BCUT2D eigenvalue weighted by Crippen LogP contribution is -2.39. The summed E-state index contributed by atoms with van der Waals surface area (Å²) in [5, 5.41) is 0. The number of hydrogen-bond donors (Lipinski definition) is 1. The number of para-hydroxylation sites is 1. The molecule has 0 saturated heterocycles. The largest absolute Gasteiger partial charge is 0.370 e. The van der Waals surface area contributed by atoms with Gasteiger partial charge in [-0.25, -0.2) is 0 Å². The minimum absolute atomic E-state index is 0.0955. The van der Waals surface area contributed by atoms with Crippen molar-refractivity contribution < 1.29 is 0 Å². The van der Waals surface area contributed by atoms with Crippen LogP contribution < -0.4 is 10.6 Å². The lowest BCUT2D eigenvalue weighted by Gasteiger charge is -2.27. The summed E-state index contributed by atoms with van der Waals surface area (Å²) in [4.78, 5) is 2.39. The number of nitrogens with zero attached hydrogens (tertiary/aromatic N) is 1. The van der Waals surface area contributed by atoms with Crippen molar-refractivity contribution in [2.24, 2.45) is 5.73 Å². The van der Waals surface area contributed by atoms with E-state index in [0.29, 0.717) is 0 Å². The van der Waals surface area contributed by atoms with E-state index in [0.717, 1.165) is 13.1 Å². The number of hydrogen-bond acceptors (Lipinski definition) is 2. The normalized spacial score (nSPS) is 17.5. The summed E-state index contributed by atoms with van der Waals surface area (Å²) in [5.41, 5.74) is 8.93. The summed E-state index contributed by atoms with van der Waals surface area (Å²) in [5.74, 6) is 0. The van der Waals surface area contributed by atoms with E-state index in [9.17, 15) is 0 Å². The van der Waals surface area contributed by atoms with Crippen LogP contribution in [0.1, 0.15) is 25.3 Å². The summed E-state index contributed by atoms with van der Waals surface area (Å²) in [6, 6.07) is 8.53. The average Bonchev–Trinajstić information content (AvgIpc) is 2.95. The Bertz CT molecular complexity index is 342. The summed E-state index contributed by atoms with van der Waals surface area (Å²) in [7, 11) is 0. The molecule has 1 aliphatic rings. The van der Waals surface area contributed by atoms with Gasteiger partial charge in [-0.1, -0.05) is 18.2 Å². The monoisotopic (exact) mass is 204 g/mol. The molecular formula is C13H20N2. The van der Waals surface area contributed by atoms with Gasteiger partial charge in [0.25, 0.3) is 0 Å². The van der Waals surface area contributed by atoms with Crippen LogP contribution in [-0.2, 0) is 0 Å². The highest BCUT2D eigenvalue weighted by Crippen LogP contribution is 2.34. The van der Waals surface area contributed by atoms with Crippen LogP contribution in [0.2, 0.25) is 0 Å². The van der Waals surface area contributed by atoms with Crippen LogP contribution in [0.3, 0.4) is 0 Å². The van der Waals surface area contributed by atoms with Crippen molar-refractivity contribution in [2.45, 2.75) is 32.2 Å². The first-order valence-electron chi connectivity index (χ1n) is 5.74. The lowest BCUT2D eigenvalue weighted by atomic mass is 10.1. The smallest absolute Gasteiger partial charge is 0.0396 e. The van der Waals surface area contributed by atoms with E-state index in [1.807, 2.05) is 0 Å². The van der Waals surface area contributed by atoms with Gasteiger partial charge in [-0.05, 0) is 38.3 Å². The Kier molecular flexibility index (Phi) is 2.70. The van der Waals surface area contributed by atoms with E-state index >= 15 is 0 Å². The van der Waals surface area contributed by atoms with Crippen LogP contribution in [0.25, 0.3) is 0 Å². The first kappa shape index (κ1) is 10.5. The van der Waals surface area contributed by atoms with Gasteiger partial charge in [0.1, 0.15) is 0 Å². The molecule has 0 atom stereocenters. The van der Waals surface area contributed by atoms with E-state index in [4.69, 9.17) is 5.73 Å². The Balaban J connectivity index is 2.15. The van der Waals surface area contributed by atoms with E-state index in [1.165, 1.54) is 24.1 Å². The van der Waals surface area contributed by atoms with Crippen LogP contribution in [-0.4, -0.2) is 18.6 Å². The molecule has 1 aromatic carbocycles. The predicted molar refractivity (Wildman–Crippen MR) is 65.2 cm³/mol. The maximum absolute atomic E-state index is 6.17. The van der Waals surface area contributed by atoms with Crippen LogP contribution in [0.4, 0.5) is 5.69 Å². The Morgan fingerprint density at radius 2 is 2.00 bits per heavy atom. The Morgan fingerprint density at radius 3 is 2.53 bits per heavy atom. The van der Waals surface area contributed by atoms with Gasteiger partial charge < -0.3 is 10.6 Å². The van der Waals surface area contributed by atoms with E-state index in [1.54, 1.807) is 0 Å². The third-order valence-electron chi connectivity index (χ3n) is 3.24. The number of aryl methyl sites for hydroxylation is 1. The van der Waals surface area contributed by atoms with Gasteiger partial charge in [-0.15, -0.1) is 0 Å². The summed E-state index contributed by atoms with van der Waals surface area (Å²) >= 11 is 0. The number of anilines is 1. The molecule has 1 aliphatic carbocycles. The second-order valence-corrected chi connectivity index (χ2v) is 4.66. The highest BCUT2D eigenvalue weighted by Gasteiger charge is 2.39. The minimum atomic E-state index is 0.0955. The van der Waals surface area contributed by atoms with Gasteiger partial charge in [0.05, 0.1) is 0 Å². The van der Waals surface area contributed by atoms with Crippen LogP contribution in [0.15, 0.2) is 24.3 Å². The van der Waals surface area contributed by atoms with Crippen molar-refractivity contribution in [1.82, 2.24) is 0 Å². The fourth-order valence-corrected chi connectivity index (χ4v) is 1.98. The van der Waals surface area contributed by atoms with Gasteiger partial charge in [0, 0.05) is 24.3 Å². The maximum Gasteiger partial charge on any atom is 0.0396 e. The molecule has 1 fully saturated rings. The predicted octanol–water partition coefficient (Wildman–Crippen LogP) is 2.31. The van der Waals surface area contributed by atoms with Gasteiger partial charge in [0.15, 0.2) is 0 Å². The first-order valence-corrected chi connectivity index (χ1v) is 5.74. The minimum Gasteiger partial charge on any atom is -0.370 e. The second kappa shape index (κ2) is 3.86. The second-order valence-electron chi connectivity index (χ2n) is 4.66. The summed E-state index contributed by atoms with van der Waals surface area (Å²) in [6.45, 7) is 6.38. The molecule has 2 N–H and O–H groups in total. The van der Waals surface area contributed by atoms with Crippen molar-refractivity contribution in [2.75, 3.05) is 18.0 Å². The average molecular weight is 204 g/mol. The Labute approximate surface area is 92.1 Å². The van der Waals surface area contributed by atoms with Crippen molar-refractivity contribution in [3.05, 3.63) is 29.8 Å². The molecule has 2 heteroatoms. The van der Waals surface area contributed by atoms with Crippen molar-refractivity contribution in [3.8, 4) is 0 Å². The SMILES string of the molecule is CCN(CC1(N)CC1)c1ccccc1C. The van der Waals surface area contributed by atoms with Crippen molar-refractivity contribution >= 4 is 5.69 Å². The number of nitrogens with two attached hydrogens (primary N) is 1. The molecule has 2 nitrogen and oxygen atoms in total. The topological polar surface area (TPSA) is 29.3 Å². The fourth-order valence-electron chi connectivity index (χ4n) is 1.98. The van der Waals surface area contributed by atoms with E-state index in [-0.39, 0.29) is 5.54 Å². The van der Waals surface area contributed by atoms with Crippen LogP contribution in [0, 0.1) is 6.92 Å². The zero-order valence-corrected chi connectivity index (χ0v) is 9.66. The molecule has 0 aromatic heterocycles. The van der Waals surface area contributed by atoms with E-state index in [2.05, 4.69) is 43.0 Å².